The maximum Gasteiger partial charge on any atom is 0.0623 e. The first-order valence-electron chi connectivity index (χ1n) is 8.25. The van der Waals surface area contributed by atoms with E-state index in [1.54, 1.807) is 0 Å². The van der Waals surface area contributed by atoms with Crippen molar-refractivity contribution < 1.29 is 0 Å². The summed E-state index contributed by atoms with van der Waals surface area (Å²) in [5.41, 5.74) is 0.335. The summed E-state index contributed by atoms with van der Waals surface area (Å²) in [5, 5.41) is 0. The smallest absolute Gasteiger partial charge is 0.0623 e. The first kappa shape index (κ1) is 15.3. The lowest BCUT2D eigenvalue weighted by atomic mass is 10.0. The minimum atomic E-state index is 0.335. The maximum absolute atomic E-state index is 2.75. The molecule has 112 valence electrons. The van der Waals surface area contributed by atoms with Gasteiger partial charge in [-0.05, 0) is 59.5 Å². The predicted octanol–water partition coefficient (Wildman–Crippen LogP) is 2.62. The first-order chi connectivity index (χ1) is 9.02. The van der Waals surface area contributed by atoms with Crippen molar-refractivity contribution in [3.8, 4) is 0 Å². The highest BCUT2D eigenvalue weighted by Crippen LogP contribution is 2.23. The van der Waals surface area contributed by atoms with Crippen molar-refractivity contribution in [3.05, 3.63) is 0 Å². The average molecular weight is 267 g/mol. The summed E-state index contributed by atoms with van der Waals surface area (Å²) in [7, 11) is 0. The lowest BCUT2D eigenvalue weighted by molar-refractivity contribution is -0.0300. The van der Waals surface area contributed by atoms with Gasteiger partial charge in [0, 0.05) is 31.7 Å². The Morgan fingerprint density at radius 3 is 2.21 bits per heavy atom. The van der Waals surface area contributed by atoms with Gasteiger partial charge in [-0.2, -0.15) is 0 Å². The van der Waals surface area contributed by atoms with Crippen LogP contribution < -0.4 is 0 Å². The second kappa shape index (κ2) is 6.55. The van der Waals surface area contributed by atoms with Gasteiger partial charge < -0.3 is 0 Å². The van der Waals surface area contributed by atoms with Crippen LogP contribution in [0.3, 0.4) is 0 Å². The molecule has 0 aromatic rings. The molecule has 2 heterocycles. The van der Waals surface area contributed by atoms with Gasteiger partial charge in [0.25, 0.3) is 0 Å². The Morgan fingerprint density at radius 1 is 0.947 bits per heavy atom. The van der Waals surface area contributed by atoms with E-state index >= 15 is 0 Å². The molecule has 2 rings (SSSR count). The van der Waals surface area contributed by atoms with E-state index in [-0.39, 0.29) is 0 Å². The van der Waals surface area contributed by atoms with Gasteiger partial charge in [0.2, 0.25) is 0 Å². The average Bonchev–Trinajstić information content (AvgIpc) is 2.39. The molecule has 0 saturated carbocycles. The zero-order valence-corrected chi connectivity index (χ0v) is 13.5. The second-order valence-corrected chi connectivity index (χ2v) is 7.21. The van der Waals surface area contributed by atoms with Crippen LogP contribution in [0.5, 0.6) is 0 Å². The molecule has 0 N–H and O–H groups in total. The molecule has 1 unspecified atom stereocenters. The molecule has 2 saturated heterocycles. The number of hydrogen-bond donors (Lipinski definition) is 0. The summed E-state index contributed by atoms with van der Waals surface area (Å²) in [4.78, 5) is 8.11. The summed E-state index contributed by atoms with van der Waals surface area (Å²) in [6.45, 7) is 16.9. The molecule has 3 nitrogen and oxygen atoms in total. The van der Waals surface area contributed by atoms with Gasteiger partial charge in [-0.3, -0.25) is 14.7 Å². The van der Waals surface area contributed by atoms with E-state index in [1.807, 2.05) is 0 Å². The van der Waals surface area contributed by atoms with Crippen molar-refractivity contribution >= 4 is 0 Å². The van der Waals surface area contributed by atoms with Crippen LogP contribution in [0, 0.1) is 0 Å². The van der Waals surface area contributed by atoms with Crippen LogP contribution in [0.15, 0.2) is 0 Å². The first-order valence-corrected chi connectivity index (χ1v) is 8.25. The molecule has 0 amide bonds. The normalized spacial score (nSPS) is 28.7. The molecule has 3 heteroatoms. The van der Waals surface area contributed by atoms with Gasteiger partial charge in [0.05, 0.1) is 6.17 Å². The van der Waals surface area contributed by atoms with E-state index < -0.39 is 0 Å². The summed E-state index contributed by atoms with van der Waals surface area (Å²) in [5.74, 6) is 0. The van der Waals surface area contributed by atoms with Crippen LogP contribution >= 0.6 is 0 Å². The molecule has 1 atom stereocenters. The minimum Gasteiger partial charge on any atom is -0.296 e. The molecular formula is C16H33N3. The summed E-state index contributed by atoms with van der Waals surface area (Å²) >= 11 is 0. The molecule has 2 aliphatic heterocycles. The lowest BCUT2D eigenvalue weighted by Gasteiger charge is -2.48. The molecule has 0 bridgehead atoms. The quantitative estimate of drug-likeness (QED) is 0.778. The Morgan fingerprint density at radius 2 is 1.63 bits per heavy atom. The van der Waals surface area contributed by atoms with E-state index in [4.69, 9.17) is 0 Å². The van der Waals surface area contributed by atoms with Crippen molar-refractivity contribution in [1.29, 1.82) is 0 Å². The predicted molar refractivity (Wildman–Crippen MR) is 82.4 cm³/mol. The molecule has 2 fully saturated rings. The van der Waals surface area contributed by atoms with Crippen molar-refractivity contribution in [3.63, 3.8) is 0 Å². The van der Waals surface area contributed by atoms with Crippen LogP contribution in [-0.2, 0) is 0 Å². The molecule has 19 heavy (non-hydrogen) atoms. The molecule has 0 aromatic heterocycles. The fourth-order valence-electron chi connectivity index (χ4n) is 3.63. The van der Waals surface area contributed by atoms with Gasteiger partial charge in [-0.15, -0.1) is 0 Å². The highest BCUT2D eigenvalue weighted by molar-refractivity contribution is 4.86. The topological polar surface area (TPSA) is 9.72 Å². The Labute approximate surface area is 119 Å². The number of hydrogen-bond acceptors (Lipinski definition) is 3. The third-order valence-electron chi connectivity index (χ3n) is 4.77. The monoisotopic (exact) mass is 267 g/mol. The molecule has 0 radical (unpaired) electrons. The van der Waals surface area contributed by atoms with Gasteiger partial charge in [0.1, 0.15) is 0 Å². The van der Waals surface area contributed by atoms with E-state index in [9.17, 15) is 0 Å². The van der Waals surface area contributed by atoms with Crippen molar-refractivity contribution in [2.45, 2.75) is 65.1 Å². The summed E-state index contributed by atoms with van der Waals surface area (Å²) in [6, 6.07) is 0. The van der Waals surface area contributed by atoms with Gasteiger partial charge in [0.15, 0.2) is 0 Å². The SMILES string of the molecule is CCCN1CCCCC1N1CCN(C(C)(C)C)CC1. The largest absolute Gasteiger partial charge is 0.296 e. The zero-order valence-electron chi connectivity index (χ0n) is 13.5. The number of rotatable bonds is 3. The van der Waals surface area contributed by atoms with E-state index in [2.05, 4.69) is 42.4 Å². The zero-order chi connectivity index (χ0) is 13.9. The van der Waals surface area contributed by atoms with Crippen LogP contribution in [-0.4, -0.2) is 65.7 Å². The Kier molecular flexibility index (Phi) is 5.27. The maximum atomic E-state index is 2.75. The van der Waals surface area contributed by atoms with Crippen LogP contribution in [0.4, 0.5) is 0 Å². The van der Waals surface area contributed by atoms with E-state index in [0.717, 1.165) is 6.17 Å². The number of piperazine rings is 1. The molecule has 0 aliphatic carbocycles. The number of likely N-dealkylation sites (tertiary alicyclic amines) is 1. The Balaban J connectivity index is 1.88. The van der Waals surface area contributed by atoms with Gasteiger partial charge in [-0.1, -0.05) is 6.92 Å². The fraction of sp³-hybridized carbons (Fsp3) is 1.00. The van der Waals surface area contributed by atoms with E-state index in [0.29, 0.717) is 5.54 Å². The standard InChI is InChI=1S/C16H33N3/c1-5-9-17-10-7-6-8-15(17)18-11-13-19(14-12-18)16(2,3)4/h15H,5-14H2,1-4H3. The van der Waals surface area contributed by atoms with Crippen LogP contribution in [0.1, 0.15) is 53.4 Å². The molecule has 0 spiro atoms. The Hall–Kier alpha value is -0.120. The van der Waals surface area contributed by atoms with Crippen LogP contribution in [0.2, 0.25) is 0 Å². The van der Waals surface area contributed by atoms with Crippen molar-refractivity contribution in [2.75, 3.05) is 39.3 Å². The highest BCUT2D eigenvalue weighted by atomic mass is 15.4. The van der Waals surface area contributed by atoms with E-state index in [1.165, 1.54) is 65.0 Å². The number of piperidine rings is 1. The van der Waals surface area contributed by atoms with Crippen LogP contribution in [0.25, 0.3) is 0 Å². The third kappa shape index (κ3) is 3.93. The fourth-order valence-corrected chi connectivity index (χ4v) is 3.63. The minimum absolute atomic E-state index is 0.335. The van der Waals surface area contributed by atoms with Crippen molar-refractivity contribution in [1.82, 2.24) is 14.7 Å². The lowest BCUT2D eigenvalue weighted by Crippen LogP contribution is -2.59. The molecular weight excluding hydrogens is 234 g/mol. The summed E-state index contributed by atoms with van der Waals surface area (Å²) in [6.07, 6.45) is 6.23. The van der Waals surface area contributed by atoms with Gasteiger partial charge >= 0.3 is 0 Å². The third-order valence-corrected chi connectivity index (χ3v) is 4.77. The summed E-state index contributed by atoms with van der Waals surface area (Å²) < 4.78 is 0. The highest BCUT2D eigenvalue weighted by Gasteiger charge is 2.32. The van der Waals surface area contributed by atoms with Gasteiger partial charge in [-0.25, -0.2) is 0 Å². The molecule has 0 aromatic carbocycles. The molecule has 2 aliphatic rings. The second-order valence-electron chi connectivity index (χ2n) is 7.21. The number of nitrogens with zero attached hydrogens (tertiary/aromatic N) is 3. The van der Waals surface area contributed by atoms with Crippen molar-refractivity contribution in [2.24, 2.45) is 0 Å². The Bertz CT molecular complexity index is 262.